The van der Waals surface area contributed by atoms with E-state index in [1.807, 2.05) is 18.2 Å². The first kappa shape index (κ1) is 13.5. The Morgan fingerprint density at radius 2 is 2.00 bits per heavy atom. The molecule has 0 aliphatic carbocycles. The third-order valence-electron chi connectivity index (χ3n) is 2.28. The van der Waals surface area contributed by atoms with Crippen molar-refractivity contribution < 1.29 is 0 Å². The summed E-state index contributed by atoms with van der Waals surface area (Å²) in [5.74, 6) is 0. The molecule has 0 spiro atoms. The highest BCUT2D eigenvalue weighted by atomic mass is 79.9. The topological polar surface area (TPSA) is 50.9 Å². The largest absolute Gasteiger partial charge is 0.389 e. The summed E-state index contributed by atoms with van der Waals surface area (Å²) in [5, 5.41) is 3.26. The van der Waals surface area contributed by atoms with Gasteiger partial charge in [-0.2, -0.15) is 0 Å². The Bertz CT molecular complexity index is 602. The van der Waals surface area contributed by atoms with E-state index in [9.17, 15) is 0 Å². The number of nitrogens with two attached hydrogens (primary N) is 1. The Morgan fingerprint density at radius 3 is 2.72 bits per heavy atom. The van der Waals surface area contributed by atoms with Gasteiger partial charge >= 0.3 is 0 Å². The monoisotopic (exact) mass is 385 g/mol. The summed E-state index contributed by atoms with van der Waals surface area (Å²) in [5.41, 5.74) is 8.14. The van der Waals surface area contributed by atoms with Crippen molar-refractivity contribution in [2.75, 3.05) is 5.32 Å². The van der Waals surface area contributed by atoms with Crippen LogP contribution in [0.3, 0.4) is 0 Å². The molecule has 0 saturated heterocycles. The predicted molar refractivity (Wildman–Crippen MR) is 85.2 cm³/mol. The van der Waals surface area contributed by atoms with E-state index in [0.717, 1.165) is 25.9 Å². The van der Waals surface area contributed by atoms with Crippen LogP contribution >= 0.6 is 44.1 Å². The van der Waals surface area contributed by atoms with E-state index in [4.69, 9.17) is 18.0 Å². The first-order valence-corrected chi connectivity index (χ1v) is 7.03. The summed E-state index contributed by atoms with van der Waals surface area (Å²) >= 11 is 11.9. The molecule has 3 N–H and O–H groups in total. The van der Waals surface area contributed by atoms with Crippen LogP contribution < -0.4 is 11.1 Å². The van der Waals surface area contributed by atoms with Crippen LogP contribution in [0.1, 0.15) is 5.56 Å². The Morgan fingerprint density at radius 1 is 1.22 bits per heavy atom. The minimum Gasteiger partial charge on any atom is -0.389 e. The number of aromatic nitrogens is 1. The van der Waals surface area contributed by atoms with E-state index in [1.54, 1.807) is 18.5 Å². The zero-order valence-electron chi connectivity index (χ0n) is 9.15. The molecular formula is C12H9Br2N3S. The molecule has 92 valence electrons. The fraction of sp³-hybridized carbons (Fsp3) is 0. The fourth-order valence-electron chi connectivity index (χ4n) is 1.45. The van der Waals surface area contributed by atoms with Crippen LogP contribution in [0.15, 0.2) is 45.6 Å². The highest BCUT2D eigenvalue weighted by molar-refractivity contribution is 9.11. The molecule has 18 heavy (non-hydrogen) atoms. The number of hydrogen-bond donors (Lipinski definition) is 2. The van der Waals surface area contributed by atoms with Crippen LogP contribution in [-0.2, 0) is 0 Å². The molecule has 3 nitrogen and oxygen atoms in total. The van der Waals surface area contributed by atoms with Gasteiger partial charge in [0.15, 0.2) is 0 Å². The van der Waals surface area contributed by atoms with E-state index in [2.05, 4.69) is 42.2 Å². The number of benzene rings is 1. The molecule has 1 aromatic heterocycles. The number of nitrogens with zero attached hydrogens (tertiary/aromatic N) is 1. The minimum absolute atomic E-state index is 0.339. The molecule has 0 fully saturated rings. The lowest BCUT2D eigenvalue weighted by molar-refractivity contribution is 1.31. The first-order valence-electron chi connectivity index (χ1n) is 5.04. The van der Waals surface area contributed by atoms with E-state index >= 15 is 0 Å². The highest BCUT2D eigenvalue weighted by Crippen LogP contribution is 2.29. The quantitative estimate of drug-likeness (QED) is 0.783. The standard InChI is InChI=1S/C12H9Br2N3S/c13-7-1-2-9(14)10(5-7)17-11-6-16-4-3-8(11)12(15)18/h1-6,17H,(H2,15,18). The van der Waals surface area contributed by atoms with Crippen LogP contribution in [0.4, 0.5) is 11.4 Å². The van der Waals surface area contributed by atoms with Crippen molar-refractivity contribution in [1.82, 2.24) is 4.98 Å². The van der Waals surface area contributed by atoms with Gasteiger partial charge in [0.25, 0.3) is 0 Å². The van der Waals surface area contributed by atoms with Gasteiger partial charge in [0, 0.05) is 20.7 Å². The third kappa shape index (κ3) is 3.07. The van der Waals surface area contributed by atoms with Crippen LogP contribution in [0, 0.1) is 0 Å². The van der Waals surface area contributed by atoms with Gasteiger partial charge in [-0.25, -0.2) is 0 Å². The average molecular weight is 387 g/mol. The molecule has 0 atom stereocenters. The summed E-state index contributed by atoms with van der Waals surface area (Å²) < 4.78 is 1.93. The zero-order valence-corrected chi connectivity index (χ0v) is 13.1. The van der Waals surface area contributed by atoms with Crippen molar-refractivity contribution in [3.8, 4) is 0 Å². The highest BCUT2D eigenvalue weighted by Gasteiger charge is 2.07. The summed E-state index contributed by atoms with van der Waals surface area (Å²) in [6, 6.07) is 7.65. The van der Waals surface area contributed by atoms with E-state index in [1.165, 1.54) is 0 Å². The van der Waals surface area contributed by atoms with Crippen molar-refractivity contribution in [2.24, 2.45) is 5.73 Å². The lowest BCUT2D eigenvalue weighted by Crippen LogP contribution is -2.12. The second-order valence-corrected chi connectivity index (χ2v) is 5.74. The smallest absolute Gasteiger partial charge is 0.106 e. The van der Waals surface area contributed by atoms with Gasteiger partial charge in [-0.05, 0) is 40.2 Å². The maximum Gasteiger partial charge on any atom is 0.106 e. The molecule has 0 aliphatic heterocycles. The van der Waals surface area contributed by atoms with Crippen molar-refractivity contribution >= 4 is 60.4 Å². The van der Waals surface area contributed by atoms with Gasteiger partial charge < -0.3 is 11.1 Å². The predicted octanol–water partition coefficient (Wildman–Crippen LogP) is 3.98. The maximum absolute atomic E-state index is 5.68. The summed E-state index contributed by atoms with van der Waals surface area (Å²) in [4.78, 5) is 4.41. The molecule has 1 heterocycles. The number of halogens is 2. The molecule has 0 radical (unpaired) electrons. The van der Waals surface area contributed by atoms with Gasteiger partial charge in [0.2, 0.25) is 0 Å². The molecule has 1 aromatic carbocycles. The van der Waals surface area contributed by atoms with Gasteiger partial charge in [0.05, 0.1) is 17.6 Å². The number of hydrogen-bond acceptors (Lipinski definition) is 3. The van der Waals surface area contributed by atoms with Crippen molar-refractivity contribution in [1.29, 1.82) is 0 Å². The Hall–Kier alpha value is -0.980. The Labute approximate surface area is 127 Å². The summed E-state index contributed by atoms with van der Waals surface area (Å²) in [6.45, 7) is 0. The molecule has 6 heteroatoms. The van der Waals surface area contributed by atoms with Crippen LogP contribution in [0.25, 0.3) is 0 Å². The van der Waals surface area contributed by atoms with Gasteiger partial charge in [0.1, 0.15) is 4.99 Å². The molecule has 2 aromatic rings. The first-order chi connectivity index (χ1) is 8.58. The average Bonchev–Trinajstić information content (AvgIpc) is 2.34. The van der Waals surface area contributed by atoms with Gasteiger partial charge in [-0.15, -0.1) is 0 Å². The Balaban J connectivity index is 2.40. The second-order valence-electron chi connectivity index (χ2n) is 3.53. The number of pyridine rings is 1. The van der Waals surface area contributed by atoms with Crippen LogP contribution in [0.5, 0.6) is 0 Å². The maximum atomic E-state index is 5.68. The Kier molecular flexibility index (Phi) is 4.31. The molecule has 0 bridgehead atoms. The van der Waals surface area contributed by atoms with Crippen molar-refractivity contribution in [3.63, 3.8) is 0 Å². The number of thiocarbonyl (C=S) groups is 1. The molecular weight excluding hydrogens is 378 g/mol. The molecule has 0 aliphatic rings. The molecule has 0 amide bonds. The van der Waals surface area contributed by atoms with E-state index < -0.39 is 0 Å². The number of nitrogens with one attached hydrogen (secondary N) is 1. The van der Waals surface area contributed by atoms with Gasteiger partial charge in [-0.3, -0.25) is 4.98 Å². The summed E-state index contributed by atoms with van der Waals surface area (Å²) in [7, 11) is 0. The van der Waals surface area contributed by atoms with Gasteiger partial charge in [-0.1, -0.05) is 28.1 Å². The third-order valence-corrected chi connectivity index (χ3v) is 3.69. The van der Waals surface area contributed by atoms with Crippen LogP contribution in [-0.4, -0.2) is 9.97 Å². The van der Waals surface area contributed by atoms with Crippen LogP contribution in [0.2, 0.25) is 0 Å². The fourth-order valence-corrected chi connectivity index (χ4v) is 2.33. The van der Waals surface area contributed by atoms with E-state index in [-0.39, 0.29) is 0 Å². The van der Waals surface area contributed by atoms with Crippen molar-refractivity contribution in [3.05, 3.63) is 51.2 Å². The normalized spacial score (nSPS) is 10.1. The molecule has 2 rings (SSSR count). The minimum atomic E-state index is 0.339. The molecule has 0 unspecified atom stereocenters. The van der Waals surface area contributed by atoms with E-state index in [0.29, 0.717) is 4.99 Å². The SMILES string of the molecule is NC(=S)c1ccncc1Nc1cc(Br)ccc1Br. The number of rotatable bonds is 3. The lowest BCUT2D eigenvalue weighted by Gasteiger charge is -2.12. The molecule has 0 saturated carbocycles. The number of anilines is 2. The lowest BCUT2D eigenvalue weighted by atomic mass is 10.2. The van der Waals surface area contributed by atoms with Crippen molar-refractivity contribution in [2.45, 2.75) is 0 Å². The summed E-state index contributed by atoms with van der Waals surface area (Å²) in [6.07, 6.45) is 3.36. The second kappa shape index (κ2) is 5.77. The zero-order chi connectivity index (χ0) is 13.1.